The number of Topliss-reactive ketones (excluding diaryl/α,β-unsaturated/α-hetero) is 1. The highest BCUT2D eigenvalue weighted by Crippen LogP contribution is 2.33. The van der Waals surface area contributed by atoms with Gasteiger partial charge < -0.3 is 19.5 Å². The van der Waals surface area contributed by atoms with E-state index in [-0.39, 0.29) is 18.2 Å². The van der Waals surface area contributed by atoms with Crippen LogP contribution in [0.2, 0.25) is 0 Å². The fraction of sp³-hybridized carbons (Fsp3) is 0.704. The fourth-order valence-corrected chi connectivity index (χ4v) is 3.99. The van der Waals surface area contributed by atoms with Crippen molar-refractivity contribution in [1.29, 1.82) is 0 Å². The van der Waals surface area contributed by atoms with Crippen molar-refractivity contribution in [3.05, 3.63) is 25.0 Å². The van der Waals surface area contributed by atoms with Gasteiger partial charge in [-0.3, -0.25) is 19.7 Å². The van der Waals surface area contributed by atoms with Gasteiger partial charge in [0.2, 0.25) is 0 Å². The summed E-state index contributed by atoms with van der Waals surface area (Å²) in [6.07, 6.45) is 12.2. The number of ketones is 1. The number of carbonyl (C=O) groups is 4. The molecule has 4 aliphatic rings. The van der Waals surface area contributed by atoms with E-state index >= 15 is 0 Å². The Morgan fingerprint density at radius 3 is 1.89 bits per heavy atom. The smallest absolute Gasteiger partial charge is 0.326 e. The molecule has 0 aromatic heterocycles. The molecule has 0 radical (unpaired) electrons. The number of imide groups is 1. The standard InChI is InChI=1S/C16H24N2O4.C6H10O.C5H8O2/c1-4-14(19)17-16(20)18(3)15-9-8-13(22-15)10-21-11(2)12-6-5-7-12;1-5(7)6-3-2-4-6;6-5(7)4-2-1-3-4/h4,12-13,15H,1-2,5-10H2,3H3,(H,17,19,20);6H,2-4H2,1H3;4H,1-3H2,(H,6,7). The Labute approximate surface area is 214 Å². The Morgan fingerprint density at radius 2 is 1.53 bits per heavy atom. The van der Waals surface area contributed by atoms with E-state index in [1.807, 2.05) is 0 Å². The van der Waals surface area contributed by atoms with Gasteiger partial charge in [0, 0.05) is 18.9 Å². The minimum Gasteiger partial charge on any atom is -0.496 e. The molecule has 4 rings (SSSR count). The lowest BCUT2D eigenvalue weighted by atomic mass is 9.83. The lowest BCUT2D eigenvalue weighted by Gasteiger charge is -2.28. The van der Waals surface area contributed by atoms with Gasteiger partial charge in [-0.2, -0.15) is 0 Å². The number of rotatable bonds is 8. The summed E-state index contributed by atoms with van der Waals surface area (Å²) in [5.41, 5.74) is 0. The van der Waals surface area contributed by atoms with Crippen LogP contribution in [0.5, 0.6) is 0 Å². The number of carboxylic acids is 1. The molecule has 3 amide bonds. The number of nitrogens with one attached hydrogen (secondary N) is 1. The number of urea groups is 1. The van der Waals surface area contributed by atoms with Gasteiger partial charge in [-0.05, 0) is 64.4 Å². The van der Waals surface area contributed by atoms with E-state index in [1.165, 1.54) is 17.7 Å². The van der Waals surface area contributed by atoms with Gasteiger partial charge in [0.15, 0.2) is 0 Å². The van der Waals surface area contributed by atoms with E-state index < -0.39 is 17.9 Å². The third kappa shape index (κ3) is 9.41. The number of aliphatic carboxylic acids is 1. The summed E-state index contributed by atoms with van der Waals surface area (Å²) >= 11 is 0. The zero-order valence-electron chi connectivity index (χ0n) is 21.7. The molecule has 9 heteroatoms. The molecular weight excluding hydrogens is 464 g/mol. The van der Waals surface area contributed by atoms with Crippen LogP contribution in [0, 0.1) is 17.8 Å². The second-order valence-electron chi connectivity index (χ2n) is 10.0. The van der Waals surface area contributed by atoms with E-state index in [0.717, 1.165) is 69.6 Å². The summed E-state index contributed by atoms with van der Waals surface area (Å²) in [5, 5.41) is 10.4. The third-order valence-corrected chi connectivity index (χ3v) is 7.40. The molecule has 0 aromatic rings. The molecule has 0 bridgehead atoms. The van der Waals surface area contributed by atoms with Crippen LogP contribution in [0.25, 0.3) is 0 Å². The topological polar surface area (TPSA) is 122 Å². The molecule has 0 spiro atoms. The maximum absolute atomic E-state index is 11.8. The van der Waals surface area contributed by atoms with E-state index in [9.17, 15) is 19.2 Å². The molecule has 4 fully saturated rings. The van der Waals surface area contributed by atoms with Crippen LogP contribution in [-0.2, 0) is 23.9 Å². The van der Waals surface area contributed by atoms with Gasteiger partial charge in [-0.15, -0.1) is 0 Å². The van der Waals surface area contributed by atoms with Crippen molar-refractivity contribution in [3.8, 4) is 0 Å². The Balaban J connectivity index is 0.000000262. The normalized spacial score (nSPS) is 23.1. The molecule has 3 aliphatic carbocycles. The first kappa shape index (κ1) is 29.5. The minimum absolute atomic E-state index is 0.000000000000000444. The number of ether oxygens (including phenoxy) is 2. The van der Waals surface area contributed by atoms with Crippen LogP contribution < -0.4 is 5.32 Å². The maximum atomic E-state index is 11.8. The van der Waals surface area contributed by atoms with Crippen LogP contribution in [-0.4, -0.2) is 59.7 Å². The second-order valence-corrected chi connectivity index (χ2v) is 10.0. The Hall–Kier alpha value is -2.68. The lowest BCUT2D eigenvalue weighted by molar-refractivity contribution is -0.144. The number of carbonyl (C=O) groups excluding carboxylic acids is 3. The highest BCUT2D eigenvalue weighted by atomic mass is 16.6. The number of allylic oxidation sites excluding steroid dienone is 1. The van der Waals surface area contributed by atoms with Gasteiger partial charge in [-0.25, -0.2) is 4.79 Å². The van der Waals surface area contributed by atoms with Gasteiger partial charge >= 0.3 is 12.0 Å². The van der Waals surface area contributed by atoms with Gasteiger partial charge in [0.25, 0.3) is 5.91 Å². The molecule has 2 N–H and O–H groups in total. The van der Waals surface area contributed by atoms with Crippen molar-refractivity contribution >= 4 is 23.7 Å². The van der Waals surface area contributed by atoms with Crippen LogP contribution in [0.1, 0.15) is 77.6 Å². The van der Waals surface area contributed by atoms with E-state index in [4.69, 9.17) is 14.6 Å². The van der Waals surface area contributed by atoms with Gasteiger partial charge in [0.05, 0.1) is 17.8 Å². The molecule has 9 nitrogen and oxygen atoms in total. The maximum Gasteiger partial charge on any atom is 0.326 e. The molecular formula is C27H42N2O7. The largest absolute Gasteiger partial charge is 0.496 e. The van der Waals surface area contributed by atoms with Crippen molar-refractivity contribution in [2.45, 2.75) is 89.9 Å². The van der Waals surface area contributed by atoms with Gasteiger partial charge in [-0.1, -0.05) is 32.4 Å². The number of hydrogen-bond donors (Lipinski definition) is 2. The lowest BCUT2D eigenvalue weighted by Crippen LogP contribution is -2.45. The predicted octanol–water partition coefficient (Wildman–Crippen LogP) is 4.42. The Morgan fingerprint density at radius 1 is 0.972 bits per heavy atom. The molecule has 1 saturated heterocycles. The number of hydrogen-bond acceptors (Lipinski definition) is 6. The van der Waals surface area contributed by atoms with Crippen molar-refractivity contribution < 1.29 is 33.8 Å². The van der Waals surface area contributed by atoms with Crippen LogP contribution >= 0.6 is 0 Å². The summed E-state index contributed by atoms with van der Waals surface area (Å²) in [5.74, 6) is 1.03. The molecule has 2 unspecified atom stereocenters. The van der Waals surface area contributed by atoms with Crippen molar-refractivity contribution in [2.24, 2.45) is 17.8 Å². The van der Waals surface area contributed by atoms with Crippen LogP contribution in [0.4, 0.5) is 4.79 Å². The van der Waals surface area contributed by atoms with Crippen LogP contribution in [0.15, 0.2) is 25.0 Å². The average molecular weight is 507 g/mol. The summed E-state index contributed by atoms with van der Waals surface area (Å²) in [7, 11) is 1.60. The second kappa shape index (κ2) is 14.8. The highest BCUT2D eigenvalue weighted by Gasteiger charge is 2.32. The first-order valence-electron chi connectivity index (χ1n) is 13.0. The SMILES string of the molecule is C=CC(=O)NC(=O)N(C)C1CCC(COC(=C)C2CCC2)O1.CC(=O)C1CCC1.O=C(O)C1CCC1. The number of amides is 3. The third-order valence-electron chi connectivity index (χ3n) is 7.40. The van der Waals surface area contributed by atoms with Crippen molar-refractivity contribution in [3.63, 3.8) is 0 Å². The van der Waals surface area contributed by atoms with Crippen molar-refractivity contribution in [1.82, 2.24) is 10.2 Å². The summed E-state index contributed by atoms with van der Waals surface area (Å²) in [4.78, 5) is 44.8. The summed E-state index contributed by atoms with van der Waals surface area (Å²) < 4.78 is 11.5. The van der Waals surface area contributed by atoms with Crippen LogP contribution in [0.3, 0.4) is 0 Å². The first-order valence-corrected chi connectivity index (χ1v) is 13.0. The predicted molar refractivity (Wildman–Crippen MR) is 135 cm³/mol. The average Bonchev–Trinajstić information content (AvgIpc) is 3.16. The zero-order chi connectivity index (χ0) is 26.7. The molecule has 2 atom stereocenters. The zero-order valence-corrected chi connectivity index (χ0v) is 21.7. The Kier molecular flexibility index (Phi) is 12.1. The molecule has 0 aromatic carbocycles. The summed E-state index contributed by atoms with van der Waals surface area (Å²) in [6, 6.07) is -0.490. The minimum atomic E-state index is -0.619. The van der Waals surface area contributed by atoms with E-state index in [2.05, 4.69) is 18.5 Å². The molecule has 36 heavy (non-hydrogen) atoms. The fourth-order valence-electron chi connectivity index (χ4n) is 3.99. The summed E-state index contributed by atoms with van der Waals surface area (Å²) in [6.45, 7) is 9.42. The quantitative estimate of drug-likeness (QED) is 0.369. The molecule has 1 heterocycles. The van der Waals surface area contributed by atoms with Crippen molar-refractivity contribution in [2.75, 3.05) is 13.7 Å². The first-order chi connectivity index (χ1) is 17.1. The molecule has 202 valence electrons. The monoisotopic (exact) mass is 506 g/mol. The number of carboxylic acid groups (broad SMARTS) is 1. The highest BCUT2D eigenvalue weighted by molar-refractivity contribution is 5.99. The Bertz CT molecular complexity index is 776. The van der Waals surface area contributed by atoms with E-state index in [1.54, 1.807) is 14.0 Å². The molecule has 3 saturated carbocycles. The van der Waals surface area contributed by atoms with E-state index in [0.29, 0.717) is 24.2 Å². The number of nitrogens with zero attached hydrogens (tertiary/aromatic N) is 1. The molecule has 1 aliphatic heterocycles. The van der Waals surface area contributed by atoms with Gasteiger partial charge in [0.1, 0.15) is 18.6 Å².